The fourth-order valence-corrected chi connectivity index (χ4v) is 4.08. The molecule has 0 spiro atoms. The van der Waals surface area contributed by atoms with Crippen molar-refractivity contribution in [2.45, 2.75) is 11.4 Å². The molecule has 0 atom stereocenters. The number of fused-ring (bicyclic) bond motifs is 5. The highest BCUT2D eigenvalue weighted by molar-refractivity contribution is 8.06. The molecule has 1 amide bonds. The predicted octanol–water partition coefficient (Wildman–Crippen LogP) is 4.07. The average molecular weight is 369 g/mol. The Balaban J connectivity index is 1.52. The number of amides is 1. The Kier molecular flexibility index (Phi) is 3.23. The van der Waals surface area contributed by atoms with Crippen molar-refractivity contribution in [1.29, 1.82) is 0 Å². The Bertz CT molecular complexity index is 1130. The third-order valence-electron chi connectivity index (χ3n) is 4.31. The molecule has 124 valence electrons. The number of H-pyrrole nitrogens is 2. The van der Waals surface area contributed by atoms with Gasteiger partial charge in [0.05, 0.1) is 28.7 Å². The number of hydrogen-bond donors (Lipinski definition) is 4. The molecule has 0 aliphatic carbocycles. The highest BCUT2D eigenvalue weighted by Gasteiger charge is 2.21. The molecule has 3 heterocycles. The van der Waals surface area contributed by atoms with Crippen LogP contribution in [-0.2, 0) is 11.2 Å². The van der Waals surface area contributed by atoms with E-state index < -0.39 is 0 Å². The third kappa shape index (κ3) is 2.45. The number of aromatic amines is 2. The maximum atomic E-state index is 12.5. The number of rotatable bonds is 3. The molecule has 4 bridgehead atoms. The minimum atomic E-state index is -0.0617. The molecule has 0 saturated heterocycles. The monoisotopic (exact) mass is 368 g/mol. The van der Waals surface area contributed by atoms with E-state index in [-0.39, 0.29) is 5.91 Å². The minimum absolute atomic E-state index is 0.0617. The van der Waals surface area contributed by atoms with Crippen molar-refractivity contribution in [3.63, 3.8) is 0 Å². The third-order valence-corrected chi connectivity index (χ3v) is 5.45. The van der Waals surface area contributed by atoms with Crippen LogP contribution < -0.4 is 16.0 Å². The van der Waals surface area contributed by atoms with E-state index in [1.165, 1.54) is 0 Å². The maximum absolute atomic E-state index is 12.5. The van der Waals surface area contributed by atoms with Crippen LogP contribution >= 0.6 is 23.4 Å². The molecule has 5 nitrogen and oxygen atoms in total. The number of carbonyl (C=O) groups excluding carboxylic acids is 1. The Morgan fingerprint density at radius 3 is 2.80 bits per heavy atom. The van der Waals surface area contributed by atoms with E-state index in [1.54, 1.807) is 23.9 Å². The van der Waals surface area contributed by atoms with E-state index in [1.807, 2.05) is 24.3 Å². The maximum Gasteiger partial charge on any atom is 0.228 e. The van der Waals surface area contributed by atoms with E-state index in [2.05, 4.69) is 26.0 Å². The molecule has 7 heteroatoms. The van der Waals surface area contributed by atoms with Gasteiger partial charge in [0.2, 0.25) is 5.91 Å². The Morgan fingerprint density at radius 1 is 1.12 bits per heavy atom. The van der Waals surface area contributed by atoms with Crippen molar-refractivity contribution >= 4 is 62.8 Å². The van der Waals surface area contributed by atoms with E-state index in [0.29, 0.717) is 11.4 Å². The zero-order valence-electron chi connectivity index (χ0n) is 12.9. The largest absolute Gasteiger partial charge is 0.346 e. The highest BCUT2D eigenvalue weighted by atomic mass is 35.5. The van der Waals surface area contributed by atoms with E-state index >= 15 is 0 Å². The Hall–Kier alpha value is -2.57. The topological polar surface area (TPSA) is 72.7 Å². The van der Waals surface area contributed by atoms with Gasteiger partial charge in [0.25, 0.3) is 0 Å². The van der Waals surface area contributed by atoms with Gasteiger partial charge in [-0.1, -0.05) is 35.5 Å². The Labute approximate surface area is 152 Å². The van der Waals surface area contributed by atoms with Crippen molar-refractivity contribution in [2.75, 3.05) is 10.6 Å². The summed E-state index contributed by atoms with van der Waals surface area (Å²) in [6.07, 6.45) is 0.301. The lowest BCUT2D eigenvalue weighted by Crippen LogP contribution is -2.16. The van der Waals surface area contributed by atoms with Gasteiger partial charge in [0.1, 0.15) is 10.8 Å². The number of anilines is 3. The summed E-state index contributed by atoms with van der Waals surface area (Å²) in [4.78, 5) is 19.2. The SMILES string of the molecule is O=C(Cc1ccc(Cl)cc1)Nc1ccc2[nH]c3c4[nH]c(c1c2N3)=CS4. The zero-order chi connectivity index (χ0) is 17.0. The summed E-state index contributed by atoms with van der Waals surface area (Å²) in [7, 11) is 0. The van der Waals surface area contributed by atoms with Crippen LogP contribution in [0, 0.1) is 0 Å². The fourth-order valence-electron chi connectivity index (χ4n) is 3.15. The van der Waals surface area contributed by atoms with E-state index in [4.69, 9.17) is 11.6 Å². The van der Waals surface area contributed by atoms with Crippen LogP contribution in [0.4, 0.5) is 17.2 Å². The zero-order valence-corrected chi connectivity index (χ0v) is 14.5. The molecular formula is C18H13ClN4OS. The van der Waals surface area contributed by atoms with Gasteiger partial charge in [-0.15, -0.1) is 0 Å². The first-order valence-electron chi connectivity index (χ1n) is 7.81. The summed E-state index contributed by atoms with van der Waals surface area (Å²) >= 11 is 7.52. The van der Waals surface area contributed by atoms with Gasteiger partial charge in [0.15, 0.2) is 0 Å². The fraction of sp³-hybridized carbons (Fsp3) is 0.0556. The second kappa shape index (κ2) is 5.47. The smallest absolute Gasteiger partial charge is 0.228 e. The van der Waals surface area contributed by atoms with Crippen LogP contribution in [0.1, 0.15) is 5.56 Å². The number of thioether (sulfide) groups is 1. The number of nitrogens with one attached hydrogen (secondary N) is 4. The second-order valence-corrected chi connectivity index (χ2v) is 7.31. The summed E-state index contributed by atoms with van der Waals surface area (Å²) in [5.41, 5.74) is 3.73. The molecule has 3 aliphatic heterocycles. The second-order valence-electron chi connectivity index (χ2n) is 5.99. The molecule has 0 radical (unpaired) electrons. The number of halogens is 1. The van der Waals surface area contributed by atoms with Crippen LogP contribution in [-0.4, -0.2) is 15.9 Å². The molecule has 2 aromatic rings. The van der Waals surface area contributed by atoms with Gasteiger partial charge in [-0.3, -0.25) is 4.79 Å². The standard InChI is InChI=1S/C18H13ClN4OS/c19-10-3-1-9(2-4-10)7-14(24)20-11-5-6-12-16-15(11)13-8-25-18(22-13)17(21-12)23-16/h1-6,8,21-23H,7H2,(H,20,24). The molecule has 25 heavy (non-hydrogen) atoms. The molecular weight excluding hydrogens is 356 g/mol. The molecule has 0 unspecified atom stereocenters. The Morgan fingerprint density at radius 2 is 1.96 bits per heavy atom. The lowest BCUT2D eigenvalue weighted by Gasteiger charge is -2.10. The summed E-state index contributed by atoms with van der Waals surface area (Å²) < 4.78 is 0. The van der Waals surface area contributed by atoms with Gasteiger partial charge >= 0.3 is 0 Å². The molecule has 0 fully saturated rings. The summed E-state index contributed by atoms with van der Waals surface area (Å²) in [5.74, 6) is 0.892. The average Bonchev–Trinajstić information content (AvgIpc) is 3.19. The van der Waals surface area contributed by atoms with Crippen molar-refractivity contribution in [3.8, 4) is 0 Å². The molecule has 3 aliphatic rings. The predicted molar refractivity (Wildman–Crippen MR) is 103 cm³/mol. The number of aromatic nitrogens is 2. The molecule has 0 saturated carbocycles. The molecule has 0 aromatic heterocycles. The summed E-state index contributed by atoms with van der Waals surface area (Å²) in [6.45, 7) is 0. The van der Waals surface area contributed by atoms with Crippen LogP contribution in [0.5, 0.6) is 0 Å². The molecule has 2 aromatic carbocycles. The number of hydrogen-bond acceptors (Lipinski definition) is 3. The van der Waals surface area contributed by atoms with Crippen LogP contribution in [0.3, 0.4) is 0 Å². The van der Waals surface area contributed by atoms with Gasteiger partial charge in [-0.25, -0.2) is 0 Å². The highest BCUT2D eigenvalue weighted by Crippen LogP contribution is 2.40. The van der Waals surface area contributed by atoms with Gasteiger partial charge in [-0.2, -0.15) is 0 Å². The van der Waals surface area contributed by atoms with Gasteiger partial charge in [-0.05, 0) is 29.8 Å². The molecule has 5 rings (SSSR count). The molecule has 4 N–H and O–H groups in total. The lowest BCUT2D eigenvalue weighted by molar-refractivity contribution is -0.115. The number of carbonyl (C=O) groups is 1. The van der Waals surface area contributed by atoms with Crippen molar-refractivity contribution in [1.82, 2.24) is 9.97 Å². The quantitative estimate of drug-likeness (QED) is 0.440. The van der Waals surface area contributed by atoms with E-state index in [0.717, 1.165) is 44.0 Å². The van der Waals surface area contributed by atoms with Crippen LogP contribution in [0.2, 0.25) is 5.02 Å². The summed E-state index contributed by atoms with van der Waals surface area (Å²) in [5, 5.41) is 12.2. The van der Waals surface area contributed by atoms with E-state index in [9.17, 15) is 4.79 Å². The minimum Gasteiger partial charge on any atom is -0.346 e. The van der Waals surface area contributed by atoms with Crippen molar-refractivity contribution < 1.29 is 4.79 Å². The first kappa shape index (κ1) is 14.7. The van der Waals surface area contributed by atoms with Crippen LogP contribution in [0.15, 0.2) is 41.4 Å². The van der Waals surface area contributed by atoms with Gasteiger partial charge < -0.3 is 20.6 Å². The summed E-state index contributed by atoms with van der Waals surface area (Å²) in [6, 6.07) is 11.2. The van der Waals surface area contributed by atoms with Crippen molar-refractivity contribution in [3.05, 3.63) is 52.3 Å². The number of benzene rings is 2. The normalized spacial score (nSPS) is 13.0. The first-order valence-corrected chi connectivity index (χ1v) is 9.07. The van der Waals surface area contributed by atoms with Crippen LogP contribution in [0.25, 0.3) is 16.3 Å². The van der Waals surface area contributed by atoms with Crippen molar-refractivity contribution in [2.24, 2.45) is 0 Å². The lowest BCUT2D eigenvalue weighted by atomic mass is 10.1. The van der Waals surface area contributed by atoms with Gasteiger partial charge in [0, 0.05) is 15.8 Å². The first-order chi connectivity index (χ1) is 12.2.